The van der Waals surface area contributed by atoms with Crippen LogP contribution in [0.3, 0.4) is 0 Å². The van der Waals surface area contributed by atoms with Gasteiger partial charge in [0.2, 0.25) is 0 Å². The molecule has 0 rings (SSSR count). The van der Waals surface area contributed by atoms with Crippen molar-refractivity contribution in [2.75, 3.05) is 0 Å². The minimum atomic E-state index is -0.975. The molecule has 0 aliphatic rings. The molecule has 0 heterocycles. The Kier molecular flexibility index (Phi) is 13.7. The first kappa shape index (κ1) is 20.3. The lowest BCUT2D eigenvalue weighted by molar-refractivity contribution is 0.678. The second-order valence-corrected chi connectivity index (χ2v) is 19.7. The van der Waals surface area contributed by atoms with Crippen molar-refractivity contribution in [1.29, 1.82) is 0 Å². The molecule has 0 saturated heterocycles. The minimum absolute atomic E-state index is 0.0417. The van der Waals surface area contributed by atoms with Crippen LogP contribution in [0.1, 0.15) is 46.5 Å². The third kappa shape index (κ3) is 11.1. The first-order valence-electron chi connectivity index (χ1n) is 6.14. The van der Waals surface area contributed by atoms with Crippen molar-refractivity contribution in [3.8, 4) is 0 Å². The molecule has 0 atom stereocenters. The van der Waals surface area contributed by atoms with Gasteiger partial charge in [0.05, 0.1) is 8.07 Å². The molecule has 0 aliphatic carbocycles. The lowest BCUT2D eigenvalue weighted by atomic mass is 10.2. The van der Waals surface area contributed by atoms with Crippen molar-refractivity contribution in [1.82, 2.24) is 0 Å². The average Bonchev–Trinajstić information content (AvgIpc) is 2.12. The molecule has 0 aromatic heterocycles. The fourth-order valence-corrected chi connectivity index (χ4v) is 3.18. The topological polar surface area (TPSA) is 0 Å². The average molecular weight is 384 g/mol. The second-order valence-electron chi connectivity index (χ2n) is 5.90. The van der Waals surface area contributed by atoms with Gasteiger partial charge >= 0.3 is 16.0 Å². The Morgan fingerprint density at radius 2 is 1.50 bits per heavy atom. The maximum atomic E-state index is 3.88. The van der Waals surface area contributed by atoms with E-state index in [9.17, 15) is 0 Å². The van der Waals surface area contributed by atoms with Gasteiger partial charge in [0, 0.05) is 0 Å². The van der Waals surface area contributed by atoms with Gasteiger partial charge in [0.25, 0.3) is 0 Å². The van der Waals surface area contributed by atoms with Gasteiger partial charge in [-0.05, 0) is 5.04 Å². The SMILES string of the molecule is [Br][Mg][Br].[CH2]CCCCC[Si](C)(C)C(C)(C)C. The highest BCUT2D eigenvalue weighted by molar-refractivity contribution is 9.47. The quantitative estimate of drug-likeness (QED) is 0.392. The Morgan fingerprint density at radius 3 is 1.81 bits per heavy atom. The molecule has 16 heavy (non-hydrogen) atoms. The highest BCUT2D eigenvalue weighted by atomic mass is 79.9. The van der Waals surface area contributed by atoms with Crippen LogP contribution < -0.4 is 0 Å². The Morgan fingerprint density at radius 1 is 1.06 bits per heavy atom. The van der Waals surface area contributed by atoms with Crippen LogP contribution in [0.2, 0.25) is 24.2 Å². The van der Waals surface area contributed by atoms with E-state index in [0.29, 0.717) is 5.04 Å². The maximum absolute atomic E-state index is 3.88. The van der Waals surface area contributed by atoms with E-state index in [2.05, 4.69) is 66.6 Å². The van der Waals surface area contributed by atoms with Crippen molar-refractivity contribution in [2.45, 2.75) is 70.6 Å². The molecule has 95 valence electrons. The summed E-state index contributed by atoms with van der Waals surface area (Å²) in [6.07, 6.45) is 5.23. The number of hydrogen-bond acceptors (Lipinski definition) is 0. The van der Waals surface area contributed by atoms with Gasteiger partial charge in [0.15, 0.2) is 0 Å². The predicted molar refractivity (Wildman–Crippen MR) is 89.4 cm³/mol. The van der Waals surface area contributed by atoms with Gasteiger partial charge in [-0.15, -0.1) is 0 Å². The minimum Gasteiger partial charge on any atom is -0.280 e. The van der Waals surface area contributed by atoms with Crippen molar-refractivity contribution in [3.05, 3.63) is 6.92 Å². The molecule has 0 fully saturated rings. The van der Waals surface area contributed by atoms with Crippen LogP contribution in [0, 0.1) is 6.92 Å². The number of hydrogen-bond donors (Lipinski definition) is 0. The van der Waals surface area contributed by atoms with Crippen LogP contribution in [0.25, 0.3) is 0 Å². The number of halogens is 2. The molecule has 4 heteroatoms. The molecule has 0 spiro atoms. The van der Waals surface area contributed by atoms with E-state index in [-0.39, 0.29) is 16.0 Å². The Labute approximate surface area is 126 Å². The van der Waals surface area contributed by atoms with E-state index in [1.54, 1.807) is 0 Å². The standard InChI is InChI=1S/C12H27Si.2BrH.Mg/c1-7-8-9-10-11-13(5,6)12(2,3)4;;;/h1,7-11H2,2-6H3;2*1H;/q;;;+2/p-2. The zero-order valence-corrected chi connectivity index (χ0v) is 17.3. The van der Waals surface area contributed by atoms with Crippen LogP contribution in [0.4, 0.5) is 0 Å². The Hall–Kier alpha value is 1.94. The Bertz CT molecular complexity index is 156. The van der Waals surface area contributed by atoms with Crippen LogP contribution in [0.5, 0.6) is 0 Å². The number of unbranched alkanes of at least 4 members (excludes halogenated alkanes) is 3. The largest absolute Gasteiger partial charge is 0.560 e. The fraction of sp³-hybridized carbons (Fsp3) is 0.917. The first-order valence-corrected chi connectivity index (χ1v) is 17.1. The van der Waals surface area contributed by atoms with Gasteiger partial charge < -0.3 is 0 Å². The molecule has 0 aromatic carbocycles. The monoisotopic (exact) mass is 381 g/mol. The number of rotatable bonds is 5. The summed E-state index contributed by atoms with van der Waals surface area (Å²) >= 11 is 6.44. The van der Waals surface area contributed by atoms with Crippen molar-refractivity contribution < 1.29 is 0 Å². The highest BCUT2D eigenvalue weighted by Gasteiger charge is 2.33. The van der Waals surface area contributed by atoms with Crippen LogP contribution >= 0.6 is 25.8 Å². The third-order valence-corrected chi connectivity index (χ3v) is 9.25. The molecule has 0 N–H and O–H groups in total. The van der Waals surface area contributed by atoms with E-state index < -0.39 is 8.07 Å². The summed E-state index contributed by atoms with van der Waals surface area (Å²) in [6, 6.07) is 1.48. The smallest absolute Gasteiger partial charge is 0.280 e. The van der Waals surface area contributed by atoms with Crippen LogP contribution in [-0.4, -0.2) is 24.1 Å². The Balaban J connectivity index is 0. The van der Waals surface area contributed by atoms with E-state index in [1.165, 1.54) is 25.3 Å². The van der Waals surface area contributed by atoms with Crippen molar-refractivity contribution in [2.24, 2.45) is 0 Å². The summed E-state index contributed by atoms with van der Waals surface area (Å²) in [5.41, 5.74) is 0. The van der Waals surface area contributed by atoms with Crippen molar-refractivity contribution in [3.63, 3.8) is 0 Å². The van der Waals surface area contributed by atoms with Gasteiger partial charge in [-0.2, -0.15) is 0 Å². The van der Waals surface area contributed by atoms with Gasteiger partial charge in [-0.25, -0.2) is 0 Å². The van der Waals surface area contributed by atoms with E-state index in [4.69, 9.17) is 0 Å². The predicted octanol–water partition coefficient (Wildman–Crippen LogP) is 6.20. The van der Waals surface area contributed by atoms with Gasteiger partial charge in [-0.1, -0.05) is 72.5 Å². The van der Waals surface area contributed by atoms with Gasteiger partial charge in [-0.3, -0.25) is 25.8 Å². The molecule has 0 unspecified atom stereocenters. The van der Waals surface area contributed by atoms with E-state index in [1.807, 2.05) is 0 Å². The van der Waals surface area contributed by atoms with Crippen LogP contribution in [0.15, 0.2) is 0 Å². The summed E-state index contributed by atoms with van der Waals surface area (Å²) in [5, 5.41) is 0.567. The zero-order chi connectivity index (χ0) is 13.2. The first-order chi connectivity index (χ1) is 7.22. The molecule has 1 radical (unpaired) electrons. The molecule has 0 bridgehead atoms. The lowest BCUT2D eigenvalue weighted by Crippen LogP contribution is -2.36. The van der Waals surface area contributed by atoms with Crippen molar-refractivity contribution >= 4 is 49.9 Å². The zero-order valence-electron chi connectivity index (χ0n) is 11.7. The summed E-state index contributed by atoms with van der Waals surface area (Å²) in [4.78, 5) is 0. The molecule has 0 aliphatic heterocycles. The third-order valence-electron chi connectivity index (χ3n) is 3.58. The normalized spacial score (nSPS) is 11.5. The van der Waals surface area contributed by atoms with Gasteiger partial charge in [0.1, 0.15) is 0 Å². The summed E-state index contributed by atoms with van der Waals surface area (Å²) in [7, 11) is -0.975. The lowest BCUT2D eigenvalue weighted by Gasteiger charge is -2.37. The van der Waals surface area contributed by atoms with Crippen LogP contribution in [-0.2, 0) is 0 Å². The summed E-state index contributed by atoms with van der Waals surface area (Å²) in [6.45, 7) is 16.1. The summed E-state index contributed by atoms with van der Waals surface area (Å²) < 4.78 is 0. The fourth-order valence-electron chi connectivity index (χ4n) is 1.30. The van der Waals surface area contributed by atoms with E-state index in [0.717, 1.165) is 6.42 Å². The molecular weight excluding hydrogens is 356 g/mol. The molecule has 0 saturated carbocycles. The molecule has 0 nitrogen and oxygen atoms in total. The maximum Gasteiger partial charge on any atom is 0.560 e. The highest BCUT2D eigenvalue weighted by Crippen LogP contribution is 2.39. The second kappa shape index (κ2) is 10.8. The van der Waals surface area contributed by atoms with E-state index >= 15 is 0 Å². The molecule has 0 aromatic rings. The summed E-state index contributed by atoms with van der Waals surface area (Å²) in [5.74, 6) is 0. The molecule has 0 amide bonds. The molecular formula is C12H27Br2MgSi.